The normalized spacial score (nSPS) is 20.8. The predicted octanol–water partition coefficient (Wildman–Crippen LogP) is 2.70. The average molecular weight is 354 g/mol. The van der Waals surface area contributed by atoms with Crippen molar-refractivity contribution in [2.24, 2.45) is 5.92 Å². The maximum Gasteiger partial charge on any atom is 0.323 e. The lowest BCUT2D eigenvalue weighted by Crippen LogP contribution is -2.33. The molecule has 0 amide bonds. The van der Waals surface area contributed by atoms with Gasteiger partial charge in [0.2, 0.25) is 0 Å². The van der Waals surface area contributed by atoms with Crippen LogP contribution in [0.2, 0.25) is 0 Å². The lowest BCUT2D eigenvalue weighted by molar-refractivity contribution is 0.0392. The van der Waals surface area contributed by atoms with Crippen molar-refractivity contribution in [2.75, 3.05) is 19.8 Å². The largest absolute Gasteiger partial charge is 0.381 e. The summed E-state index contributed by atoms with van der Waals surface area (Å²) in [5.41, 5.74) is 2.67. The molecule has 5 nitrogen and oxygen atoms in total. The molecule has 1 aromatic heterocycles. The molecule has 114 valence electrons. The minimum absolute atomic E-state index is 0.171. The molecule has 1 aromatic carbocycles. The zero-order chi connectivity index (χ0) is 14.8. The Balaban J connectivity index is 2.00. The first-order valence-corrected chi connectivity index (χ1v) is 8.21. The van der Waals surface area contributed by atoms with Crippen LogP contribution in [0.3, 0.4) is 0 Å². The first kappa shape index (κ1) is 14.8. The Morgan fingerprint density at radius 3 is 2.86 bits per heavy atom. The van der Waals surface area contributed by atoms with Gasteiger partial charge in [0.1, 0.15) is 0 Å². The number of rotatable bonds is 4. The standard InChI is InChI=1S/C15H20BrN3O2/c1-2-17-14(9-4-3-5-21-8-9)10-6-12-13(7-11(10)16)19-15(20)18-12/h6-7,9,14,17H,2-5,8H2,1H3,(H2,18,19,20). The highest BCUT2D eigenvalue weighted by Gasteiger charge is 2.27. The van der Waals surface area contributed by atoms with Crippen LogP contribution < -0.4 is 11.0 Å². The second kappa shape index (κ2) is 6.34. The Hall–Kier alpha value is -1.11. The molecule has 0 radical (unpaired) electrons. The molecule has 2 atom stereocenters. The zero-order valence-electron chi connectivity index (χ0n) is 12.0. The lowest BCUT2D eigenvalue weighted by atomic mass is 9.88. The van der Waals surface area contributed by atoms with E-state index in [2.05, 4.69) is 44.2 Å². The van der Waals surface area contributed by atoms with Crippen LogP contribution in [-0.4, -0.2) is 29.7 Å². The summed E-state index contributed by atoms with van der Waals surface area (Å²) in [7, 11) is 0. The van der Waals surface area contributed by atoms with E-state index < -0.39 is 0 Å². The SMILES string of the molecule is CCNC(c1cc2[nH]c(=O)[nH]c2cc1Br)C1CCCOC1. The quantitative estimate of drug-likeness (QED) is 0.791. The second-order valence-corrected chi connectivity index (χ2v) is 6.37. The van der Waals surface area contributed by atoms with Crippen molar-refractivity contribution in [3.05, 3.63) is 32.7 Å². The molecule has 2 aromatic rings. The molecule has 0 saturated carbocycles. The first-order chi connectivity index (χ1) is 10.2. The summed E-state index contributed by atoms with van der Waals surface area (Å²) in [5, 5.41) is 3.57. The van der Waals surface area contributed by atoms with Gasteiger partial charge in [0, 0.05) is 23.0 Å². The predicted molar refractivity (Wildman–Crippen MR) is 86.6 cm³/mol. The van der Waals surface area contributed by atoms with Gasteiger partial charge in [0.05, 0.1) is 17.6 Å². The number of fused-ring (bicyclic) bond motifs is 1. The molecule has 0 spiro atoms. The minimum atomic E-state index is -0.171. The highest BCUT2D eigenvalue weighted by molar-refractivity contribution is 9.10. The van der Waals surface area contributed by atoms with E-state index in [1.165, 1.54) is 5.56 Å². The van der Waals surface area contributed by atoms with Crippen molar-refractivity contribution in [1.29, 1.82) is 0 Å². The van der Waals surface area contributed by atoms with E-state index >= 15 is 0 Å². The maximum absolute atomic E-state index is 11.4. The molecular formula is C15H20BrN3O2. The Labute approximate surface area is 131 Å². The van der Waals surface area contributed by atoms with Crippen molar-refractivity contribution in [3.63, 3.8) is 0 Å². The first-order valence-electron chi connectivity index (χ1n) is 7.41. The van der Waals surface area contributed by atoms with Crippen molar-refractivity contribution in [2.45, 2.75) is 25.8 Å². The number of benzene rings is 1. The fraction of sp³-hybridized carbons (Fsp3) is 0.533. The van der Waals surface area contributed by atoms with Crippen LogP contribution in [0, 0.1) is 5.92 Å². The summed E-state index contributed by atoms with van der Waals surface area (Å²) in [4.78, 5) is 17.1. The monoisotopic (exact) mass is 353 g/mol. The number of imidazole rings is 1. The number of ether oxygens (including phenoxy) is 1. The Morgan fingerprint density at radius 2 is 2.19 bits per heavy atom. The molecule has 2 heterocycles. The molecule has 1 fully saturated rings. The van der Waals surface area contributed by atoms with Crippen molar-refractivity contribution < 1.29 is 4.74 Å². The van der Waals surface area contributed by atoms with Crippen LogP contribution in [0.25, 0.3) is 11.0 Å². The lowest BCUT2D eigenvalue weighted by Gasteiger charge is -2.31. The Morgan fingerprint density at radius 1 is 1.43 bits per heavy atom. The van der Waals surface area contributed by atoms with E-state index in [1.807, 2.05) is 6.07 Å². The van der Waals surface area contributed by atoms with Gasteiger partial charge in [-0.25, -0.2) is 4.79 Å². The number of nitrogens with one attached hydrogen (secondary N) is 3. The van der Waals surface area contributed by atoms with Crippen molar-refractivity contribution >= 4 is 27.0 Å². The summed E-state index contributed by atoms with van der Waals surface area (Å²) >= 11 is 3.65. The van der Waals surface area contributed by atoms with Crippen molar-refractivity contribution in [3.8, 4) is 0 Å². The molecule has 0 aliphatic carbocycles. The van der Waals surface area contributed by atoms with Gasteiger partial charge in [-0.15, -0.1) is 0 Å². The van der Waals surface area contributed by atoms with Crippen LogP contribution in [0.15, 0.2) is 21.4 Å². The summed E-state index contributed by atoms with van der Waals surface area (Å²) in [5.74, 6) is 0.457. The topological polar surface area (TPSA) is 69.9 Å². The second-order valence-electron chi connectivity index (χ2n) is 5.51. The zero-order valence-corrected chi connectivity index (χ0v) is 13.6. The molecule has 1 saturated heterocycles. The summed E-state index contributed by atoms with van der Waals surface area (Å²) in [6.07, 6.45) is 2.26. The summed E-state index contributed by atoms with van der Waals surface area (Å²) < 4.78 is 6.66. The third kappa shape index (κ3) is 3.07. The highest BCUT2D eigenvalue weighted by atomic mass is 79.9. The van der Waals surface area contributed by atoms with E-state index in [4.69, 9.17) is 4.74 Å². The molecule has 2 unspecified atom stereocenters. The third-order valence-corrected chi connectivity index (χ3v) is 4.75. The smallest absolute Gasteiger partial charge is 0.323 e. The van der Waals surface area contributed by atoms with E-state index in [-0.39, 0.29) is 11.7 Å². The molecule has 6 heteroatoms. The Bertz CT molecular complexity index is 673. The number of H-pyrrole nitrogens is 2. The molecule has 1 aliphatic heterocycles. The van der Waals surface area contributed by atoms with Gasteiger partial charge in [-0.05, 0) is 37.1 Å². The van der Waals surface area contributed by atoms with Gasteiger partial charge in [-0.3, -0.25) is 0 Å². The number of aromatic amines is 2. The van der Waals surface area contributed by atoms with E-state index in [9.17, 15) is 4.79 Å². The summed E-state index contributed by atoms with van der Waals surface area (Å²) in [6, 6.07) is 4.25. The van der Waals surface area contributed by atoms with Crippen LogP contribution in [0.1, 0.15) is 31.4 Å². The molecule has 1 aliphatic rings. The summed E-state index contributed by atoms with van der Waals surface area (Å²) in [6.45, 7) is 4.66. The number of aromatic nitrogens is 2. The molecule has 21 heavy (non-hydrogen) atoms. The number of halogens is 1. The Kier molecular flexibility index (Phi) is 4.47. The van der Waals surface area contributed by atoms with Gasteiger partial charge in [0.25, 0.3) is 0 Å². The maximum atomic E-state index is 11.4. The van der Waals surface area contributed by atoms with Crippen LogP contribution in [0.5, 0.6) is 0 Å². The molecular weight excluding hydrogens is 334 g/mol. The van der Waals surface area contributed by atoms with Crippen molar-refractivity contribution in [1.82, 2.24) is 15.3 Å². The van der Waals surface area contributed by atoms with Gasteiger partial charge in [0.15, 0.2) is 0 Å². The fourth-order valence-electron chi connectivity index (χ4n) is 3.09. The van der Waals surface area contributed by atoms with Crippen LogP contribution in [0.4, 0.5) is 0 Å². The van der Waals surface area contributed by atoms with Gasteiger partial charge in [-0.2, -0.15) is 0 Å². The average Bonchev–Trinajstić information content (AvgIpc) is 2.84. The third-order valence-electron chi connectivity index (χ3n) is 4.06. The number of hydrogen-bond acceptors (Lipinski definition) is 3. The highest BCUT2D eigenvalue weighted by Crippen LogP contribution is 2.34. The molecule has 3 rings (SSSR count). The minimum Gasteiger partial charge on any atom is -0.381 e. The van der Waals surface area contributed by atoms with E-state index in [1.54, 1.807) is 0 Å². The van der Waals surface area contributed by atoms with E-state index in [0.29, 0.717) is 5.92 Å². The van der Waals surface area contributed by atoms with Gasteiger partial charge < -0.3 is 20.0 Å². The van der Waals surface area contributed by atoms with E-state index in [0.717, 1.165) is 48.1 Å². The van der Waals surface area contributed by atoms with Crippen LogP contribution in [-0.2, 0) is 4.74 Å². The number of hydrogen-bond donors (Lipinski definition) is 3. The van der Waals surface area contributed by atoms with Gasteiger partial charge in [-0.1, -0.05) is 22.9 Å². The molecule has 0 bridgehead atoms. The molecule has 3 N–H and O–H groups in total. The van der Waals surface area contributed by atoms with Crippen LogP contribution >= 0.6 is 15.9 Å². The fourth-order valence-corrected chi connectivity index (χ4v) is 3.68. The van der Waals surface area contributed by atoms with Gasteiger partial charge >= 0.3 is 5.69 Å².